The molecule has 1 atom stereocenters. The number of unbranched alkanes of at least 4 members (excludes halogenated alkanes) is 1. The van der Waals surface area contributed by atoms with E-state index in [9.17, 15) is 4.39 Å². The van der Waals surface area contributed by atoms with Gasteiger partial charge in [0.15, 0.2) is 0 Å². The van der Waals surface area contributed by atoms with Gasteiger partial charge in [0.2, 0.25) is 0 Å². The molecule has 0 aliphatic heterocycles. The predicted molar refractivity (Wildman–Crippen MR) is 127 cm³/mol. The van der Waals surface area contributed by atoms with E-state index in [4.69, 9.17) is 10.00 Å². The summed E-state index contributed by atoms with van der Waals surface area (Å²) in [5.41, 5.74) is 3.04. The number of ether oxygens (including phenoxy) is 1. The first-order valence-electron chi connectivity index (χ1n) is 11.3. The normalized spacial score (nSPS) is 18.1. The van der Waals surface area contributed by atoms with E-state index in [1.54, 1.807) is 0 Å². The minimum Gasteiger partial charge on any atom is -0.575 e. The van der Waals surface area contributed by atoms with Gasteiger partial charge >= 0.3 is 31.1 Å². The fraction of sp³-hybridized carbons (Fsp3) is 0.593. The number of benzene rings is 1. The molecule has 0 amide bonds. The average molecular weight is 654 g/mol. The summed E-state index contributed by atoms with van der Waals surface area (Å²) >= 11 is 0. The van der Waals surface area contributed by atoms with Gasteiger partial charge in [0.25, 0.3) is 0 Å². The van der Waals surface area contributed by atoms with E-state index < -0.39 is 0 Å². The standard InChI is InChI=1S/C13H23FO.C9H9N.C5H10.U/c1-3-5-8-13(11-14)9-6-7-12(10-13)15-4-2;1-7-3-4-9(6-10)5-8(7)2;1-3-5-4-2;/h2-11H2,1H3;3-5H,1-2H3;3,5H,4H2,1-2H3;/q-2;;;+2/b;;5-3+;. The molecule has 0 N–H and O–H groups in total. The maximum Gasteiger partial charge on any atom is 2.00 e. The van der Waals surface area contributed by atoms with Crippen LogP contribution in [0.5, 0.6) is 0 Å². The quantitative estimate of drug-likeness (QED) is 0.220. The first-order valence-corrected chi connectivity index (χ1v) is 11.3. The number of hydrogen-bond donors (Lipinski definition) is 0. The van der Waals surface area contributed by atoms with Crippen LogP contribution in [0.1, 0.15) is 88.8 Å². The molecule has 1 aliphatic rings. The zero-order valence-corrected chi connectivity index (χ0v) is 24.6. The van der Waals surface area contributed by atoms with Crippen LogP contribution in [0.4, 0.5) is 4.39 Å². The Morgan fingerprint density at radius 3 is 2.45 bits per heavy atom. The molecule has 0 aromatic heterocycles. The first kappa shape index (κ1) is 32.6. The molecule has 1 fully saturated rings. The van der Waals surface area contributed by atoms with E-state index >= 15 is 0 Å². The smallest absolute Gasteiger partial charge is 0.575 e. The van der Waals surface area contributed by atoms with Gasteiger partial charge in [0, 0.05) is 0 Å². The van der Waals surface area contributed by atoms with Gasteiger partial charge < -0.3 is 11.7 Å². The topological polar surface area (TPSA) is 33.0 Å². The van der Waals surface area contributed by atoms with E-state index in [2.05, 4.69) is 39.0 Å². The van der Waals surface area contributed by atoms with Crippen LogP contribution in [0.3, 0.4) is 0 Å². The van der Waals surface area contributed by atoms with Gasteiger partial charge in [-0.15, -0.1) is 13.0 Å². The van der Waals surface area contributed by atoms with Gasteiger partial charge in [-0.1, -0.05) is 51.3 Å². The molecule has 172 valence electrons. The summed E-state index contributed by atoms with van der Waals surface area (Å²) in [4.78, 5) is 0. The van der Waals surface area contributed by atoms with Crippen molar-refractivity contribution in [2.75, 3.05) is 13.3 Å². The predicted octanol–water partition coefficient (Wildman–Crippen LogP) is 8.24. The molecule has 0 heterocycles. The Labute approximate surface area is 215 Å². The molecule has 0 spiro atoms. The van der Waals surface area contributed by atoms with Gasteiger partial charge in [0.1, 0.15) is 0 Å². The minimum absolute atomic E-state index is 0. The van der Waals surface area contributed by atoms with Crippen LogP contribution in [-0.4, -0.2) is 13.3 Å². The van der Waals surface area contributed by atoms with E-state index in [-0.39, 0.29) is 43.2 Å². The van der Waals surface area contributed by atoms with Crippen molar-refractivity contribution < 1.29 is 40.2 Å². The fourth-order valence-corrected chi connectivity index (χ4v) is 3.52. The molecular weight excluding hydrogens is 611 g/mol. The molecule has 1 unspecified atom stereocenters. The van der Waals surface area contributed by atoms with Crippen molar-refractivity contribution in [2.24, 2.45) is 5.41 Å². The molecule has 2 nitrogen and oxygen atoms in total. The number of hydrogen-bond acceptors (Lipinski definition) is 2. The molecule has 4 heteroatoms. The molecule has 0 saturated heterocycles. The number of halogens is 1. The van der Waals surface area contributed by atoms with Crippen LogP contribution >= 0.6 is 0 Å². The maximum absolute atomic E-state index is 13.2. The molecule has 0 radical (unpaired) electrons. The second kappa shape index (κ2) is 20.0. The van der Waals surface area contributed by atoms with Crippen molar-refractivity contribution in [3.8, 4) is 6.07 Å². The van der Waals surface area contributed by atoms with Crippen LogP contribution in [-0.2, 0) is 4.74 Å². The fourth-order valence-electron chi connectivity index (χ4n) is 3.52. The van der Waals surface area contributed by atoms with Gasteiger partial charge in [-0.3, -0.25) is 4.39 Å². The second-order valence-corrected chi connectivity index (χ2v) is 8.04. The monoisotopic (exact) mass is 653 g/mol. The van der Waals surface area contributed by atoms with Crippen molar-refractivity contribution in [2.45, 2.75) is 86.0 Å². The first-order chi connectivity index (χ1) is 14.4. The molecule has 1 aliphatic carbocycles. The number of alkyl halides is 1. The molecule has 1 aromatic rings. The Kier molecular flexibility index (Phi) is 21.0. The Bertz CT molecular complexity index is 639. The summed E-state index contributed by atoms with van der Waals surface area (Å²) in [6.07, 6.45) is 13.6. The van der Waals surface area contributed by atoms with Crippen LogP contribution in [0.2, 0.25) is 0 Å². The third-order valence-electron chi connectivity index (χ3n) is 5.49. The van der Waals surface area contributed by atoms with E-state index in [1.165, 1.54) is 11.1 Å². The maximum atomic E-state index is 13.2. The zero-order chi connectivity index (χ0) is 22.8. The largest absolute Gasteiger partial charge is 2.00 e. The van der Waals surface area contributed by atoms with Crippen LogP contribution in [0.15, 0.2) is 30.4 Å². The van der Waals surface area contributed by atoms with Gasteiger partial charge in [0.05, 0.1) is 18.3 Å². The van der Waals surface area contributed by atoms with E-state index in [0.717, 1.165) is 63.0 Å². The number of rotatable bonds is 7. The zero-order valence-electron chi connectivity index (χ0n) is 20.4. The number of nitriles is 1. The van der Waals surface area contributed by atoms with Crippen molar-refractivity contribution >= 4 is 0 Å². The van der Waals surface area contributed by atoms with Crippen molar-refractivity contribution in [1.29, 1.82) is 5.26 Å². The van der Waals surface area contributed by atoms with Crippen LogP contribution in [0.25, 0.3) is 0 Å². The summed E-state index contributed by atoms with van der Waals surface area (Å²) in [5, 5.41) is 8.50. The van der Waals surface area contributed by atoms with Gasteiger partial charge in [-0.2, -0.15) is 17.8 Å². The molecule has 2 rings (SSSR count). The van der Waals surface area contributed by atoms with E-state index in [1.807, 2.05) is 39.0 Å². The second-order valence-electron chi connectivity index (χ2n) is 8.04. The van der Waals surface area contributed by atoms with Crippen molar-refractivity contribution in [3.05, 3.63) is 60.1 Å². The minimum atomic E-state index is -0.197. The number of nitrogens with zero attached hydrogens (tertiary/aromatic N) is 1. The summed E-state index contributed by atoms with van der Waals surface area (Å²) in [6.45, 7) is 14.3. The Hall–Kier alpha value is -0.608. The third-order valence-corrected chi connectivity index (χ3v) is 5.49. The van der Waals surface area contributed by atoms with E-state index in [0.29, 0.717) is 6.61 Å². The number of aryl methyl sites for hydroxylation is 2. The van der Waals surface area contributed by atoms with Crippen molar-refractivity contribution in [1.82, 2.24) is 0 Å². The third kappa shape index (κ3) is 14.2. The summed E-state index contributed by atoms with van der Waals surface area (Å²) in [5.74, 6) is 0. The average Bonchev–Trinajstić information content (AvgIpc) is 2.76. The summed E-state index contributed by atoms with van der Waals surface area (Å²) < 4.78 is 18.6. The van der Waals surface area contributed by atoms with Crippen molar-refractivity contribution in [3.63, 3.8) is 0 Å². The molecule has 1 aromatic carbocycles. The summed E-state index contributed by atoms with van der Waals surface area (Å²) in [7, 11) is 0. The molecule has 0 bridgehead atoms. The van der Waals surface area contributed by atoms with Gasteiger partial charge in [-0.05, 0) is 68.7 Å². The SMILES string of the molecule is C/C=C/CC.Cc1ccc(C#N)cc1C.[CH2-]CO[C-]1CCCC(CF)(CCCC)C1.[U+2]. The summed E-state index contributed by atoms with van der Waals surface area (Å²) in [6, 6.07) is 7.79. The molecular formula is C27H42FNOU. The Morgan fingerprint density at radius 2 is 2.00 bits per heavy atom. The van der Waals surface area contributed by atoms with Crippen LogP contribution in [0, 0.1) is 74.7 Å². The Balaban J connectivity index is 0. The number of allylic oxidation sites excluding steroid dienone is 2. The molecule has 1 saturated carbocycles. The van der Waals surface area contributed by atoms with Gasteiger partial charge in [-0.25, -0.2) is 0 Å². The van der Waals surface area contributed by atoms with Crippen LogP contribution < -0.4 is 0 Å². The Morgan fingerprint density at radius 1 is 1.29 bits per heavy atom. The molecule has 31 heavy (non-hydrogen) atoms.